The van der Waals surface area contributed by atoms with Crippen molar-refractivity contribution in [1.29, 1.82) is 0 Å². The van der Waals surface area contributed by atoms with Crippen molar-refractivity contribution in [2.24, 2.45) is 0 Å². The van der Waals surface area contributed by atoms with E-state index in [1.54, 1.807) is 18.2 Å². The number of hydrogen-bond acceptors (Lipinski definition) is 1. The largest absolute Gasteiger partial charge is 0.388 e. The minimum absolute atomic E-state index is 0.274. The molecule has 0 spiro atoms. The van der Waals surface area contributed by atoms with Crippen molar-refractivity contribution in [3.05, 3.63) is 69.4 Å². The maximum Gasteiger partial charge on any atom is 0.126 e. The van der Waals surface area contributed by atoms with Crippen LogP contribution < -0.4 is 0 Å². The fourth-order valence-corrected chi connectivity index (χ4v) is 2.35. The van der Waals surface area contributed by atoms with Crippen LogP contribution in [0.2, 0.25) is 0 Å². The number of rotatable bonds is 3. The highest BCUT2D eigenvalue weighted by Crippen LogP contribution is 2.27. The third-order valence-electron chi connectivity index (χ3n) is 3.04. The van der Waals surface area contributed by atoms with Crippen LogP contribution in [0.3, 0.4) is 0 Å². The van der Waals surface area contributed by atoms with E-state index >= 15 is 0 Å². The van der Waals surface area contributed by atoms with Gasteiger partial charge in [0.2, 0.25) is 0 Å². The Morgan fingerprint density at radius 1 is 1.17 bits per heavy atom. The highest BCUT2D eigenvalue weighted by atomic mass is 79.9. The van der Waals surface area contributed by atoms with E-state index in [0.29, 0.717) is 5.56 Å². The Labute approximate surface area is 114 Å². The zero-order valence-electron chi connectivity index (χ0n) is 10.0. The van der Waals surface area contributed by atoms with E-state index in [2.05, 4.69) is 15.9 Å². The summed E-state index contributed by atoms with van der Waals surface area (Å²) in [6.07, 6.45) is -0.413. The highest BCUT2D eigenvalue weighted by Gasteiger charge is 2.14. The molecule has 0 aliphatic carbocycles. The molecule has 0 fully saturated rings. The molecule has 0 saturated carbocycles. The molecule has 0 aliphatic rings. The van der Waals surface area contributed by atoms with Crippen LogP contribution in [-0.4, -0.2) is 5.11 Å². The van der Waals surface area contributed by atoms with Crippen LogP contribution in [0.1, 0.15) is 22.8 Å². The summed E-state index contributed by atoms with van der Waals surface area (Å²) in [7, 11) is 0. The van der Waals surface area contributed by atoms with Crippen molar-refractivity contribution >= 4 is 15.9 Å². The van der Waals surface area contributed by atoms with Gasteiger partial charge in [-0.2, -0.15) is 0 Å². The molecule has 2 aromatic carbocycles. The second-order valence-corrected chi connectivity index (χ2v) is 5.12. The van der Waals surface area contributed by atoms with Crippen molar-refractivity contribution in [3.8, 4) is 0 Å². The first-order chi connectivity index (χ1) is 8.59. The van der Waals surface area contributed by atoms with Gasteiger partial charge >= 0.3 is 0 Å². The van der Waals surface area contributed by atoms with E-state index in [9.17, 15) is 9.50 Å². The van der Waals surface area contributed by atoms with Crippen LogP contribution in [0.15, 0.2) is 46.9 Å². The lowest BCUT2D eigenvalue weighted by Crippen LogP contribution is -2.05. The van der Waals surface area contributed by atoms with Crippen LogP contribution in [0.4, 0.5) is 4.39 Å². The van der Waals surface area contributed by atoms with Gasteiger partial charge in [-0.25, -0.2) is 4.39 Å². The summed E-state index contributed by atoms with van der Waals surface area (Å²) in [6.45, 7) is 1.93. The summed E-state index contributed by atoms with van der Waals surface area (Å²) in [6, 6.07) is 12.2. The highest BCUT2D eigenvalue weighted by molar-refractivity contribution is 9.10. The Kier molecular flexibility index (Phi) is 4.15. The lowest BCUT2D eigenvalue weighted by molar-refractivity contribution is 0.176. The Morgan fingerprint density at radius 2 is 1.89 bits per heavy atom. The van der Waals surface area contributed by atoms with Crippen molar-refractivity contribution in [3.63, 3.8) is 0 Å². The molecule has 0 aromatic heterocycles. The molecule has 3 heteroatoms. The van der Waals surface area contributed by atoms with E-state index in [1.165, 1.54) is 6.07 Å². The molecule has 0 heterocycles. The van der Waals surface area contributed by atoms with Crippen LogP contribution in [0.5, 0.6) is 0 Å². The van der Waals surface area contributed by atoms with Crippen molar-refractivity contribution in [2.45, 2.75) is 19.4 Å². The molecular formula is C15H14BrFO. The van der Waals surface area contributed by atoms with Gasteiger partial charge in [0.15, 0.2) is 0 Å². The molecule has 1 unspecified atom stereocenters. The zero-order chi connectivity index (χ0) is 13.1. The van der Waals surface area contributed by atoms with Gasteiger partial charge in [-0.3, -0.25) is 0 Å². The van der Waals surface area contributed by atoms with Crippen molar-refractivity contribution in [2.75, 3.05) is 0 Å². The molecule has 0 bridgehead atoms. The summed E-state index contributed by atoms with van der Waals surface area (Å²) in [5.74, 6) is -0.274. The monoisotopic (exact) mass is 308 g/mol. The quantitative estimate of drug-likeness (QED) is 0.902. The van der Waals surface area contributed by atoms with E-state index < -0.39 is 6.10 Å². The lowest BCUT2D eigenvalue weighted by Gasteiger charge is -2.15. The minimum atomic E-state index is -0.695. The van der Waals surface area contributed by atoms with Gasteiger partial charge in [-0.05, 0) is 35.7 Å². The van der Waals surface area contributed by atoms with Crippen LogP contribution in [0, 0.1) is 12.7 Å². The van der Waals surface area contributed by atoms with Crippen molar-refractivity contribution < 1.29 is 9.50 Å². The van der Waals surface area contributed by atoms with Gasteiger partial charge < -0.3 is 5.11 Å². The molecule has 94 valence electrons. The Balaban J connectivity index is 2.25. The predicted octanol–water partition coefficient (Wildman–Crippen LogP) is 4.17. The second-order valence-electron chi connectivity index (χ2n) is 4.27. The second kappa shape index (κ2) is 5.63. The molecule has 1 N–H and O–H groups in total. The fourth-order valence-electron chi connectivity index (χ4n) is 1.97. The van der Waals surface area contributed by atoms with E-state index in [0.717, 1.165) is 15.6 Å². The molecule has 0 aliphatic heterocycles. The fraction of sp³-hybridized carbons (Fsp3) is 0.200. The Morgan fingerprint density at radius 3 is 2.61 bits per heavy atom. The third kappa shape index (κ3) is 2.79. The third-order valence-corrected chi connectivity index (χ3v) is 3.90. The molecule has 1 nitrogen and oxygen atoms in total. The first-order valence-electron chi connectivity index (χ1n) is 5.76. The Bertz CT molecular complexity index is 554. The van der Waals surface area contributed by atoms with Gasteiger partial charge in [-0.1, -0.05) is 46.3 Å². The molecule has 0 amide bonds. The van der Waals surface area contributed by atoms with Crippen LogP contribution in [-0.2, 0) is 6.42 Å². The molecular weight excluding hydrogens is 295 g/mol. The molecule has 18 heavy (non-hydrogen) atoms. The SMILES string of the molecule is Cc1c(Br)cccc1C(O)Cc1ccccc1F. The first kappa shape index (κ1) is 13.2. The predicted molar refractivity (Wildman–Crippen MR) is 73.9 cm³/mol. The normalized spacial score (nSPS) is 12.4. The molecule has 0 radical (unpaired) electrons. The zero-order valence-corrected chi connectivity index (χ0v) is 11.6. The minimum Gasteiger partial charge on any atom is -0.388 e. The summed E-state index contributed by atoms with van der Waals surface area (Å²) in [4.78, 5) is 0. The van der Waals surface area contributed by atoms with Gasteiger partial charge in [0.1, 0.15) is 5.82 Å². The lowest BCUT2D eigenvalue weighted by atomic mass is 9.97. The number of aliphatic hydroxyl groups excluding tert-OH is 1. The number of hydrogen-bond donors (Lipinski definition) is 1. The maximum absolute atomic E-state index is 13.5. The summed E-state index contributed by atoms with van der Waals surface area (Å²) in [5.41, 5.74) is 2.35. The van der Waals surface area contributed by atoms with E-state index in [-0.39, 0.29) is 12.2 Å². The molecule has 0 saturated heterocycles. The van der Waals surface area contributed by atoms with Gasteiger partial charge in [0.05, 0.1) is 6.10 Å². The average molecular weight is 309 g/mol. The number of benzene rings is 2. The van der Waals surface area contributed by atoms with Gasteiger partial charge in [0.25, 0.3) is 0 Å². The topological polar surface area (TPSA) is 20.2 Å². The number of aliphatic hydroxyl groups is 1. The van der Waals surface area contributed by atoms with Crippen LogP contribution >= 0.6 is 15.9 Å². The Hall–Kier alpha value is -1.19. The standard InChI is InChI=1S/C15H14BrFO/c1-10-12(6-4-7-13(10)16)15(18)9-11-5-2-3-8-14(11)17/h2-8,15,18H,9H2,1H3. The first-order valence-corrected chi connectivity index (χ1v) is 6.55. The summed E-state index contributed by atoms with van der Waals surface area (Å²) < 4.78 is 14.5. The van der Waals surface area contributed by atoms with Gasteiger partial charge in [0, 0.05) is 10.9 Å². The summed E-state index contributed by atoms with van der Waals surface area (Å²) >= 11 is 3.43. The van der Waals surface area contributed by atoms with Gasteiger partial charge in [-0.15, -0.1) is 0 Å². The van der Waals surface area contributed by atoms with Crippen molar-refractivity contribution in [1.82, 2.24) is 0 Å². The maximum atomic E-state index is 13.5. The molecule has 1 atom stereocenters. The summed E-state index contributed by atoms with van der Waals surface area (Å²) in [5, 5.41) is 10.2. The smallest absolute Gasteiger partial charge is 0.126 e. The van der Waals surface area contributed by atoms with E-state index in [4.69, 9.17) is 0 Å². The molecule has 2 rings (SSSR count). The van der Waals surface area contributed by atoms with Crippen LogP contribution in [0.25, 0.3) is 0 Å². The molecule has 2 aromatic rings. The number of halogens is 2. The average Bonchev–Trinajstić information content (AvgIpc) is 2.35. The van der Waals surface area contributed by atoms with E-state index in [1.807, 2.05) is 25.1 Å².